The van der Waals surface area contributed by atoms with E-state index in [2.05, 4.69) is 333 Å². The molecule has 0 aliphatic carbocycles. The SMILES string of the molecule is c1ccc2c(c1)cc1c3cc4oc5ccccc5c4cc3n3c4ccccc4c2c13.c1ccc2c(c1)cc1c3ccccc3n3c4cc5c(cc4c2c13)oc1ccccc15.c1ccc2c(c1)ccc1c2c2cccc3c4cc5oc6ccccc6c5cc4n1c32.c1ccc2cc3c(cc2c1)c1cccc2c4cc5oc6ccccc6c5cc4n3c12. The highest BCUT2D eigenvalue weighted by atomic mass is 16.3. The Morgan fingerprint density at radius 2 is 0.425 bits per heavy atom. The van der Waals surface area contributed by atoms with E-state index in [9.17, 15) is 0 Å². The number of furan rings is 4. The summed E-state index contributed by atoms with van der Waals surface area (Å²) in [5.74, 6) is 0. The smallest absolute Gasteiger partial charge is 0.136 e. The van der Waals surface area contributed by atoms with Gasteiger partial charge in [-0.2, -0.15) is 0 Å². The fourth-order valence-corrected chi connectivity index (χ4v) is 21.8. The molecule has 8 heteroatoms. The molecule has 20 aromatic carbocycles. The summed E-state index contributed by atoms with van der Waals surface area (Å²) in [4.78, 5) is 0. The first kappa shape index (κ1) is 63.2. The van der Waals surface area contributed by atoms with Crippen LogP contribution in [0.25, 0.3) is 283 Å². The number of aromatic nitrogens is 4. The standard InChI is InChI=1S/4C28H15NO/c1-2-8-17-16(7-1)13-22-20-15-26-21(18-9-4-6-12-25(18)30-26)14-24(20)29-23-11-5-3-10-19(23)27(17)28(22)29;1-2-8-17-16(7-1)13-21-18-9-3-5-11-23(18)29-24-14-20-19-10-4-6-12-25(19)30-26(20)15-22(24)27(17)28(21)29;1-2-7-17-13-24-21(12-16(17)6-1)19-9-5-10-20-22-15-27-23(14-25(22)29(24)28(19)20)18-8-3-4-11-26(18)30-27;1-2-7-17-16(6-1)12-13-23-27(17)20-10-5-9-19-21-15-26-22(14-24(21)29(23)28(19)20)18-8-3-4-11-25(18)30-26/h4*1-15H. The van der Waals surface area contributed by atoms with Gasteiger partial charge in [-0.05, 0) is 158 Å². The number of fused-ring (bicyclic) bond motifs is 43. The molecule has 32 aromatic rings. The maximum Gasteiger partial charge on any atom is 0.136 e. The topological polar surface area (TPSA) is 70.2 Å². The van der Waals surface area contributed by atoms with Crippen molar-refractivity contribution >= 4 is 283 Å². The zero-order valence-corrected chi connectivity index (χ0v) is 64.1. The van der Waals surface area contributed by atoms with Gasteiger partial charge in [-0.1, -0.05) is 249 Å². The average Bonchev–Trinajstić information content (AvgIpc) is 1.56. The third kappa shape index (κ3) is 8.22. The van der Waals surface area contributed by atoms with Crippen molar-refractivity contribution in [2.24, 2.45) is 0 Å². The summed E-state index contributed by atoms with van der Waals surface area (Å²) in [6, 6.07) is 131. The van der Waals surface area contributed by atoms with Gasteiger partial charge in [0.05, 0.1) is 66.2 Å². The van der Waals surface area contributed by atoms with Gasteiger partial charge in [0.2, 0.25) is 0 Å². The van der Waals surface area contributed by atoms with Crippen molar-refractivity contribution in [3.63, 3.8) is 0 Å². The quantitative estimate of drug-likeness (QED) is 0.152. The molecule has 12 heterocycles. The van der Waals surface area contributed by atoms with E-state index in [1.54, 1.807) is 0 Å². The molecule has 0 fully saturated rings. The maximum absolute atomic E-state index is 6.24. The molecule has 120 heavy (non-hydrogen) atoms. The van der Waals surface area contributed by atoms with Crippen LogP contribution in [0.4, 0.5) is 0 Å². The van der Waals surface area contributed by atoms with E-state index >= 15 is 0 Å². The van der Waals surface area contributed by atoms with Gasteiger partial charge >= 0.3 is 0 Å². The van der Waals surface area contributed by atoms with E-state index in [0.717, 1.165) is 44.7 Å². The molecule has 12 aromatic heterocycles. The Bertz CT molecular complexity index is 9980. The lowest BCUT2D eigenvalue weighted by Crippen LogP contribution is -1.81. The van der Waals surface area contributed by atoms with Crippen LogP contribution in [0, 0.1) is 0 Å². The Labute approximate surface area is 678 Å². The van der Waals surface area contributed by atoms with Gasteiger partial charge in [0.15, 0.2) is 0 Å². The second-order valence-electron chi connectivity index (χ2n) is 32.8. The number of hydrogen-bond acceptors (Lipinski definition) is 4. The molecule has 0 atom stereocenters. The first-order valence-electron chi connectivity index (χ1n) is 41.2. The van der Waals surface area contributed by atoms with Crippen LogP contribution >= 0.6 is 0 Å². The molecule has 0 radical (unpaired) electrons. The Morgan fingerprint density at radius 3 is 0.925 bits per heavy atom. The molecule has 0 spiro atoms. The molecule has 8 nitrogen and oxygen atoms in total. The average molecular weight is 1530 g/mol. The molecule has 32 rings (SSSR count). The summed E-state index contributed by atoms with van der Waals surface area (Å²) in [7, 11) is 0. The van der Waals surface area contributed by atoms with Gasteiger partial charge in [-0.3, -0.25) is 0 Å². The van der Waals surface area contributed by atoms with Crippen LogP contribution in [0.3, 0.4) is 0 Å². The number of para-hydroxylation sites is 8. The largest absolute Gasteiger partial charge is 0.456 e. The van der Waals surface area contributed by atoms with Crippen molar-refractivity contribution in [2.45, 2.75) is 0 Å². The third-order valence-corrected chi connectivity index (χ3v) is 26.8. The number of hydrogen-bond donors (Lipinski definition) is 0. The highest BCUT2D eigenvalue weighted by Crippen LogP contribution is 2.51. The minimum atomic E-state index is 0.942. The summed E-state index contributed by atoms with van der Waals surface area (Å²) in [6.07, 6.45) is 0. The highest BCUT2D eigenvalue weighted by Gasteiger charge is 2.27. The molecule has 0 saturated heterocycles. The molecule has 552 valence electrons. The van der Waals surface area contributed by atoms with Crippen LogP contribution in [-0.4, -0.2) is 17.6 Å². The van der Waals surface area contributed by atoms with E-state index in [0.29, 0.717) is 0 Å². The lowest BCUT2D eigenvalue weighted by molar-refractivity contribution is 0.669. The van der Waals surface area contributed by atoms with Crippen LogP contribution in [0.1, 0.15) is 0 Å². The predicted octanol–water partition coefficient (Wildman–Crippen LogP) is 31.6. The van der Waals surface area contributed by atoms with Crippen LogP contribution in [0.5, 0.6) is 0 Å². The molecule has 0 saturated carbocycles. The van der Waals surface area contributed by atoms with Crippen molar-refractivity contribution in [2.75, 3.05) is 0 Å². The zero-order valence-electron chi connectivity index (χ0n) is 64.1. The highest BCUT2D eigenvalue weighted by molar-refractivity contribution is 6.36. The summed E-state index contributed by atoms with van der Waals surface area (Å²) in [5, 5.41) is 40.4. The molecule has 0 unspecified atom stereocenters. The van der Waals surface area contributed by atoms with Gasteiger partial charge in [0.25, 0.3) is 0 Å². The fraction of sp³-hybridized carbons (Fsp3) is 0. The monoisotopic (exact) mass is 1520 g/mol. The number of nitrogens with zero attached hydrogens (tertiary/aromatic N) is 4. The van der Waals surface area contributed by atoms with Crippen molar-refractivity contribution in [1.82, 2.24) is 17.6 Å². The lowest BCUT2D eigenvalue weighted by Gasteiger charge is -2.02. The normalized spacial score (nSPS) is 12.7. The van der Waals surface area contributed by atoms with Gasteiger partial charge in [-0.15, -0.1) is 0 Å². The van der Waals surface area contributed by atoms with E-state index in [1.807, 2.05) is 48.5 Å². The maximum atomic E-state index is 6.24. The summed E-state index contributed by atoms with van der Waals surface area (Å²) >= 11 is 0. The summed E-state index contributed by atoms with van der Waals surface area (Å²) in [5.41, 5.74) is 22.8. The Kier molecular flexibility index (Phi) is 12.1. The molecule has 0 bridgehead atoms. The van der Waals surface area contributed by atoms with E-state index in [-0.39, 0.29) is 0 Å². The summed E-state index contributed by atoms with van der Waals surface area (Å²) in [6.45, 7) is 0. The van der Waals surface area contributed by atoms with Gasteiger partial charge in [0, 0.05) is 129 Å². The number of rotatable bonds is 0. The molecule has 0 aliphatic rings. The Balaban J connectivity index is 0.0000000811. The first-order chi connectivity index (χ1) is 59.5. The van der Waals surface area contributed by atoms with Gasteiger partial charge in [0.1, 0.15) is 44.7 Å². The van der Waals surface area contributed by atoms with E-state index in [4.69, 9.17) is 17.7 Å². The Morgan fingerprint density at radius 1 is 0.125 bits per heavy atom. The van der Waals surface area contributed by atoms with Crippen LogP contribution < -0.4 is 0 Å². The molecule has 0 N–H and O–H groups in total. The van der Waals surface area contributed by atoms with Crippen LogP contribution in [-0.2, 0) is 0 Å². The van der Waals surface area contributed by atoms with Crippen molar-refractivity contribution < 1.29 is 17.7 Å². The molecular weight excluding hydrogens is 1470 g/mol. The minimum absolute atomic E-state index is 0.942. The predicted molar refractivity (Wildman–Crippen MR) is 504 cm³/mol. The first-order valence-corrected chi connectivity index (χ1v) is 41.2. The second kappa shape index (κ2) is 22.9. The van der Waals surface area contributed by atoms with Gasteiger partial charge < -0.3 is 35.3 Å². The van der Waals surface area contributed by atoms with Crippen molar-refractivity contribution in [1.29, 1.82) is 0 Å². The lowest BCUT2D eigenvalue weighted by atomic mass is 10.00. The summed E-state index contributed by atoms with van der Waals surface area (Å²) < 4.78 is 34.6. The number of benzene rings is 20. The molecule has 0 aliphatic heterocycles. The van der Waals surface area contributed by atoms with E-state index in [1.165, 1.54) is 239 Å². The van der Waals surface area contributed by atoms with Gasteiger partial charge in [-0.25, -0.2) is 0 Å². The zero-order chi connectivity index (χ0) is 77.6. The van der Waals surface area contributed by atoms with E-state index < -0.39 is 0 Å². The van der Waals surface area contributed by atoms with Crippen molar-refractivity contribution in [3.8, 4) is 0 Å². The van der Waals surface area contributed by atoms with Crippen LogP contribution in [0.2, 0.25) is 0 Å². The Hall–Kier alpha value is -16.2. The molecular formula is C112H60N4O4. The van der Waals surface area contributed by atoms with Crippen LogP contribution in [0.15, 0.2) is 382 Å². The minimum Gasteiger partial charge on any atom is -0.456 e. The molecule has 0 amide bonds. The second-order valence-corrected chi connectivity index (χ2v) is 32.8. The third-order valence-electron chi connectivity index (χ3n) is 26.8. The fourth-order valence-electron chi connectivity index (χ4n) is 21.8. The van der Waals surface area contributed by atoms with Crippen molar-refractivity contribution in [3.05, 3.63) is 364 Å².